The van der Waals surface area contributed by atoms with E-state index in [1.54, 1.807) is 12.1 Å². The molecule has 2 atom stereocenters. The number of benzene rings is 2. The highest BCUT2D eigenvalue weighted by Gasteiger charge is 2.31. The van der Waals surface area contributed by atoms with Crippen molar-refractivity contribution in [2.24, 2.45) is 0 Å². The van der Waals surface area contributed by atoms with Crippen molar-refractivity contribution in [3.63, 3.8) is 0 Å². The van der Waals surface area contributed by atoms with Crippen molar-refractivity contribution in [3.8, 4) is 11.1 Å². The molecule has 0 radical (unpaired) electrons. The van der Waals surface area contributed by atoms with E-state index in [9.17, 15) is 14.7 Å². The predicted molar refractivity (Wildman–Crippen MR) is 96.1 cm³/mol. The summed E-state index contributed by atoms with van der Waals surface area (Å²) >= 11 is 0. The largest absolute Gasteiger partial charge is 0.391 e. The van der Waals surface area contributed by atoms with Gasteiger partial charge in [-0.3, -0.25) is 14.8 Å². The van der Waals surface area contributed by atoms with Crippen LogP contribution < -0.4 is 5.48 Å². The summed E-state index contributed by atoms with van der Waals surface area (Å²) in [5, 5.41) is 18.5. The smallest absolute Gasteiger partial charge is 0.268 e. The fraction of sp³-hybridized carbons (Fsp3) is 0.263. The zero-order chi connectivity index (χ0) is 17.7. The van der Waals surface area contributed by atoms with Crippen LogP contribution in [0.15, 0.2) is 54.6 Å². The molecule has 0 fully saturated rings. The van der Waals surface area contributed by atoms with Gasteiger partial charge < -0.3 is 10.0 Å². The third kappa shape index (κ3) is 4.65. The van der Waals surface area contributed by atoms with E-state index in [4.69, 9.17) is 5.21 Å². The van der Waals surface area contributed by atoms with Gasteiger partial charge in [0.05, 0.1) is 6.10 Å². The minimum absolute atomic E-state index is 0. The fourth-order valence-electron chi connectivity index (χ4n) is 2.55. The summed E-state index contributed by atoms with van der Waals surface area (Å²) in [6, 6.07) is 15.5. The van der Waals surface area contributed by atoms with Crippen molar-refractivity contribution in [2.75, 3.05) is 7.05 Å². The van der Waals surface area contributed by atoms with Gasteiger partial charge in [0.2, 0.25) is 0 Å². The van der Waals surface area contributed by atoms with Crippen molar-refractivity contribution in [1.82, 2.24) is 10.4 Å². The Kier molecular flexibility index (Phi) is 7.29. The third-order valence-corrected chi connectivity index (χ3v) is 3.81. The zero-order valence-corrected chi connectivity index (χ0v) is 13.5. The molecule has 0 spiro atoms. The standard InChI is InChI=1S/C18H20N2O4.CH4/c1-12(21)16(17(22)19-24)20(2)18(23)15-10-8-14(9-11-15)13-6-4-3-5-7-13;/h3-12,16,21,24H,1-2H3,(H,19,22);1H4/t12-,16+;/m1./s1. The van der Waals surface area contributed by atoms with E-state index in [-0.39, 0.29) is 7.43 Å². The molecular formula is C19H24N2O4. The van der Waals surface area contributed by atoms with E-state index in [1.807, 2.05) is 42.5 Å². The number of nitrogens with zero attached hydrogens (tertiary/aromatic N) is 1. The average molecular weight is 344 g/mol. The number of amides is 2. The number of aliphatic hydroxyl groups excluding tert-OH is 1. The zero-order valence-electron chi connectivity index (χ0n) is 13.5. The van der Waals surface area contributed by atoms with Crippen LogP contribution in [0.3, 0.4) is 0 Å². The number of carbonyl (C=O) groups excluding carboxylic acids is 2. The first-order valence-corrected chi connectivity index (χ1v) is 7.50. The Labute approximate surface area is 147 Å². The molecule has 0 aliphatic heterocycles. The maximum Gasteiger partial charge on any atom is 0.268 e. The second-order valence-corrected chi connectivity index (χ2v) is 5.52. The molecule has 2 aromatic rings. The first-order valence-electron chi connectivity index (χ1n) is 7.50. The number of hydroxylamine groups is 1. The van der Waals surface area contributed by atoms with Gasteiger partial charge in [0, 0.05) is 12.6 Å². The monoisotopic (exact) mass is 344 g/mol. The van der Waals surface area contributed by atoms with E-state index in [2.05, 4.69) is 0 Å². The molecule has 0 aliphatic rings. The number of rotatable bonds is 5. The summed E-state index contributed by atoms with van der Waals surface area (Å²) in [5.41, 5.74) is 3.86. The maximum atomic E-state index is 12.5. The highest BCUT2D eigenvalue weighted by molar-refractivity contribution is 5.97. The Morgan fingerprint density at radius 2 is 1.52 bits per heavy atom. The Bertz CT molecular complexity index is 699. The van der Waals surface area contributed by atoms with Crippen LogP contribution in [0.1, 0.15) is 24.7 Å². The Balaban J connectivity index is 0.00000312. The Hall–Kier alpha value is -2.70. The van der Waals surface area contributed by atoms with E-state index in [0.29, 0.717) is 5.56 Å². The van der Waals surface area contributed by atoms with Gasteiger partial charge >= 0.3 is 0 Å². The summed E-state index contributed by atoms with van der Waals surface area (Å²) in [5.74, 6) is -1.27. The lowest BCUT2D eigenvalue weighted by molar-refractivity contribution is -0.137. The molecule has 6 heteroatoms. The van der Waals surface area contributed by atoms with Gasteiger partial charge in [-0.1, -0.05) is 49.9 Å². The Morgan fingerprint density at radius 1 is 1.00 bits per heavy atom. The van der Waals surface area contributed by atoms with Crippen LogP contribution in [0.2, 0.25) is 0 Å². The van der Waals surface area contributed by atoms with Crippen LogP contribution in [0.4, 0.5) is 0 Å². The third-order valence-electron chi connectivity index (χ3n) is 3.81. The fourth-order valence-corrected chi connectivity index (χ4v) is 2.55. The van der Waals surface area contributed by atoms with E-state index >= 15 is 0 Å². The van der Waals surface area contributed by atoms with E-state index < -0.39 is 24.0 Å². The van der Waals surface area contributed by atoms with E-state index in [0.717, 1.165) is 16.0 Å². The molecule has 0 saturated carbocycles. The molecule has 134 valence electrons. The number of carbonyl (C=O) groups is 2. The van der Waals surface area contributed by atoms with Gasteiger partial charge in [0.15, 0.2) is 0 Å². The minimum atomic E-state index is -1.18. The summed E-state index contributed by atoms with van der Waals surface area (Å²) < 4.78 is 0. The number of nitrogens with one attached hydrogen (secondary N) is 1. The van der Waals surface area contributed by atoms with Crippen molar-refractivity contribution < 1.29 is 19.9 Å². The summed E-state index contributed by atoms with van der Waals surface area (Å²) in [6.45, 7) is 1.38. The maximum absolute atomic E-state index is 12.5. The summed E-state index contributed by atoms with van der Waals surface area (Å²) in [6.07, 6.45) is -1.13. The normalized spacial score (nSPS) is 12.5. The second kappa shape index (κ2) is 8.96. The number of hydrogen-bond acceptors (Lipinski definition) is 4. The molecule has 2 amide bonds. The van der Waals surface area contributed by atoms with Gasteiger partial charge in [-0.15, -0.1) is 0 Å². The highest BCUT2D eigenvalue weighted by atomic mass is 16.5. The lowest BCUT2D eigenvalue weighted by atomic mass is 10.0. The van der Waals surface area contributed by atoms with Crippen molar-refractivity contribution in [3.05, 3.63) is 60.2 Å². The molecule has 0 aromatic heterocycles. The number of aliphatic hydroxyl groups is 1. The second-order valence-electron chi connectivity index (χ2n) is 5.52. The predicted octanol–water partition coefficient (Wildman–Crippen LogP) is 2.32. The summed E-state index contributed by atoms with van der Waals surface area (Å²) in [4.78, 5) is 25.3. The molecule has 0 saturated heterocycles. The van der Waals surface area contributed by atoms with Crippen molar-refractivity contribution >= 4 is 11.8 Å². The van der Waals surface area contributed by atoms with Crippen LogP contribution in [0, 0.1) is 0 Å². The topological polar surface area (TPSA) is 89.9 Å². The molecule has 0 bridgehead atoms. The molecule has 0 aliphatic carbocycles. The molecule has 3 N–H and O–H groups in total. The number of hydrogen-bond donors (Lipinski definition) is 3. The quantitative estimate of drug-likeness (QED) is 0.573. The van der Waals surface area contributed by atoms with Crippen LogP contribution in [-0.2, 0) is 4.79 Å². The Morgan fingerprint density at radius 3 is 2.00 bits per heavy atom. The first kappa shape index (κ1) is 20.3. The molecule has 2 rings (SSSR count). The average Bonchev–Trinajstić information content (AvgIpc) is 2.61. The molecule has 2 aromatic carbocycles. The van der Waals surface area contributed by atoms with Crippen LogP contribution in [0.25, 0.3) is 11.1 Å². The van der Waals surface area contributed by atoms with Crippen LogP contribution in [-0.4, -0.2) is 46.2 Å². The van der Waals surface area contributed by atoms with Crippen molar-refractivity contribution in [1.29, 1.82) is 0 Å². The van der Waals surface area contributed by atoms with Crippen molar-refractivity contribution in [2.45, 2.75) is 26.5 Å². The highest BCUT2D eigenvalue weighted by Crippen LogP contribution is 2.20. The molecule has 25 heavy (non-hydrogen) atoms. The minimum Gasteiger partial charge on any atom is -0.391 e. The van der Waals surface area contributed by atoms with Gasteiger partial charge in [-0.2, -0.15) is 0 Å². The SMILES string of the molecule is C.C[C@@H](O)[C@@H](C(=O)NO)N(C)C(=O)c1ccc(-c2ccccc2)cc1. The van der Waals surface area contributed by atoms with E-state index in [1.165, 1.54) is 19.5 Å². The lowest BCUT2D eigenvalue weighted by Crippen LogP contribution is -2.52. The number of likely N-dealkylation sites (N-methyl/N-ethyl adjacent to an activating group) is 1. The lowest BCUT2D eigenvalue weighted by Gasteiger charge is -2.28. The molecule has 0 heterocycles. The van der Waals surface area contributed by atoms with Gasteiger partial charge in [0.25, 0.3) is 11.8 Å². The van der Waals surface area contributed by atoms with Gasteiger partial charge in [-0.05, 0) is 30.2 Å². The van der Waals surface area contributed by atoms with Gasteiger partial charge in [-0.25, -0.2) is 5.48 Å². The summed E-state index contributed by atoms with van der Waals surface area (Å²) in [7, 11) is 1.40. The van der Waals surface area contributed by atoms with Crippen LogP contribution in [0.5, 0.6) is 0 Å². The molecular weight excluding hydrogens is 320 g/mol. The van der Waals surface area contributed by atoms with Gasteiger partial charge in [0.1, 0.15) is 6.04 Å². The first-order chi connectivity index (χ1) is 11.5. The van der Waals surface area contributed by atoms with Crippen LogP contribution >= 0.6 is 0 Å². The molecule has 6 nitrogen and oxygen atoms in total. The molecule has 0 unspecified atom stereocenters.